The number of rotatable bonds is 5. The molecule has 7 heteroatoms. The van der Waals surface area contributed by atoms with E-state index in [-0.39, 0.29) is 18.1 Å². The van der Waals surface area contributed by atoms with Crippen LogP contribution in [0.25, 0.3) is 0 Å². The van der Waals surface area contributed by atoms with Gasteiger partial charge in [-0.25, -0.2) is 0 Å². The highest BCUT2D eigenvalue weighted by Gasteiger charge is 2.12. The number of methoxy groups -OCH3 is 1. The molecule has 1 aromatic carbocycles. The first kappa shape index (κ1) is 14.8. The van der Waals surface area contributed by atoms with Gasteiger partial charge >= 0.3 is 6.01 Å². The van der Waals surface area contributed by atoms with E-state index in [1.54, 1.807) is 12.0 Å². The average Bonchev–Trinajstić information content (AvgIpc) is 2.45. The van der Waals surface area contributed by atoms with Gasteiger partial charge in [-0.2, -0.15) is 15.0 Å². The zero-order chi connectivity index (χ0) is 15.4. The van der Waals surface area contributed by atoms with Crippen LogP contribution in [0.1, 0.15) is 13.8 Å². The summed E-state index contributed by atoms with van der Waals surface area (Å²) in [5.41, 5.74) is 6.61. The van der Waals surface area contributed by atoms with Crippen LogP contribution in [0.2, 0.25) is 0 Å². The van der Waals surface area contributed by atoms with Gasteiger partial charge in [0.2, 0.25) is 11.9 Å². The molecule has 0 radical (unpaired) electrons. The number of nitrogen functional groups attached to an aromatic ring is 1. The quantitative estimate of drug-likeness (QED) is 0.901. The fraction of sp³-hybridized carbons (Fsp3) is 0.357. The molecular weight excluding hydrogens is 270 g/mol. The van der Waals surface area contributed by atoms with E-state index >= 15 is 0 Å². The Labute approximate surface area is 123 Å². The molecule has 0 aliphatic heterocycles. The van der Waals surface area contributed by atoms with Gasteiger partial charge in [-0.1, -0.05) is 0 Å². The second-order valence-corrected chi connectivity index (χ2v) is 4.70. The van der Waals surface area contributed by atoms with E-state index in [1.165, 1.54) is 0 Å². The van der Waals surface area contributed by atoms with Crippen LogP contribution in [0.3, 0.4) is 0 Å². The highest BCUT2D eigenvalue weighted by Crippen LogP contribution is 2.24. The minimum atomic E-state index is -0.0362. The van der Waals surface area contributed by atoms with Gasteiger partial charge in [0.25, 0.3) is 0 Å². The lowest BCUT2D eigenvalue weighted by Gasteiger charge is -2.18. The molecule has 1 heterocycles. The standard InChI is InChI=1S/C14H19N5O2/c1-9(2)21-14-17-12(15)16-13(18-14)19(3)10-5-7-11(20-4)8-6-10/h5-9H,1-4H3,(H2,15,16,17,18). The molecule has 0 atom stereocenters. The Morgan fingerprint density at radius 1 is 1.10 bits per heavy atom. The SMILES string of the molecule is COc1ccc(N(C)c2nc(N)nc(OC(C)C)n2)cc1. The normalized spacial score (nSPS) is 10.5. The van der Waals surface area contributed by atoms with Crippen molar-refractivity contribution in [2.24, 2.45) is 0 Å². The monoisotopic (exact) mass is 289 g/mol. The third kappa shape index (κ3) is 3.71. The van der Waals surface area contributed by atoms with Crippen molar-refractivity contribution in [1.82, 2.24) is 15.0 Å². The predicted molar refractivity (Wildman–Crippen MR) is 81.1 cm³/mol. The first-order valence-electron chi connectivity index (χ1n) is 6.55. The maximum absolute atomic E-state index is 5.71. The molecule has 0 saturated heterocycles. The lowest BCUT2D eigenvalue weighted by molar-refractivity contribution is 0.222. The average molecular weight is 289 g/mol. The number of hydrogen-bond acceptors (Lipinski definition) is 7. The molecule has 0 spiro atoms. The van der Waals surface area contributed by atoms with Crippen molar-refractivity contribution in [3.63, 3.8) is 0 Å². The summed E-state index contributed by atoms with van der Waals surface area (Å²) < 4.78 is 10.6. The Morgan fingerprint density at radius 2 is 1.76 bits per heavy atom. The minimum Gasteiger partial charge on any atom is -0.497 e. The number of benzene rings is 1. The summed E-state index contributed by atoms with van der Waals surface area (Å²) in [6, 6.07) is 7.75. The van der Waals surface area contributed by atoms with Gasteiger partial charge in [0.05, 0.1) is 13.2 Å². The predicted octanol–water partition coefficient (Wildman–Crippen LogP) is 2.02. The van der Waals surface area contributed by atoms with Crippen LogP contribution in [0.15, 0.2) is 24.3 Å². The van der Waals surface area contributed by atoms with Crippen molar-refractivity contribution in [3.05, 3.63) is 24.3 Å². The molecule has 0 bridgehead atoms. The molecule has 21 heavy (non-hydrogen) atoms. The zero-order valence-electron chi connectivity index (χ0n) is 12.6. The van der Waals surface area contributed by atoms with Crippen molar-refractivity contribution in [2.45, 2.75) is 20.0 Å². The maximum Gasteiger partial charge on any atom is 0.323 e. The molecule has 0 fully saturated rings. The summed E-state index contributed by atoms with van der Waals surface area (Å²) >= 11 is 0. The van der Waals surface area contributed by atoms with Gasteiger partial charge in [-0.3, -0.25) is 0 Å². The van der Waals surface area contributed by atoms with Crippen LogP contribution in [-0.2, 0) is 0 Å². The van der Waals surface area contributed by atoms with Crippen molar-refractivity contribution in [3.8, 4) is 11.8 Å². The summed E-state index contributed by atoms with van der Waals surface area (Å²) in [7, 11) is 3.47. The summed E-state index contributed by atoms with van der Waals surface area (Å²) in [5, 5.41) is 0. The molecule has 0 amide bonds. The minimum absolute atomic E-state index is 0.0362. The van der Waals surface area contributed by atoms with Crippen LogP contribution in [0.4, 0.5) is 17.6 Å². The van der Waals surface area contributed by atoms with E-state index < -0.39 is 0 Å². The lowest BCUT2D eigenvalue weighted by Crippen LogP contribution is -2.17. The van der Waals surface area contributed by atoms with E-state index in [9.17, 15) is 0 Å². The Kier molecular flexibility index (Phi) is 4.42. The third-order valence-corrected chi connectivity index (χ3v) is 2.72. The Bertz CT molecular complexity index is 601. The molecule has 2 aromatic rings. The molecule has 0 aliphatic carbocycles. The zero-order valence-corrected chi connectivity index (χ0v) is 12.6. The van der Waals surface area contributed by atoms with E-state index in [0.29, 0.717) is 5.95 Å². The maximum atomic E-state index is 5.71. The number of ether oxygens (including phenoxy) is 2. The lowest BCUT2D eigenvalue weighted by atomic mass is 10.3. The summed E-state index contributed by atoms with van der Waals surface area (Å²) in [6.45, 7) is 3.79. The number of hydrogen-bond donors (Lipinski definition) is 1. The largest absolute Gasteiger partial charge is 0.497 e. The molecule has 0 saturated carbocycles. The molecule has 2 N–H and O–H groups in total. The van der Waals surface area contributed by atoms with Crippen LogP contribution < -0.4 is 20.1 Å². The van der Waals surface area contributed by atoms with Crippen molar-refractivity contribution in [2.75, 3.05) is 24.8 Å². The molecule has 0 unspecified atom stereocenters. The summed E-state index contributed by atoms with van der Waals surface area (Å²) in [5.74, 6) is 1.32. The second-order valence-electron chi connectivity index (χ2n) is 4.70. The van der Waals surface area contributed by atoms with E-state index in [0.717, 1.165) is 11.4 Å². The van der Waals surface area contributed by atoms with Crippen LogP contribution in [-0.4, -0.2) is 35.2 Å². The highest BCUT2D eigenvalue weighted by atomic mass is 16.5. The molecular formula is C14H19N5O2. The summed E-state index contributed by atoms with van der Waals surface area (Å²) in [6.07, 6.45) is -0.0362. The molecule has 2 rings (SSSR count). The fourth-order valence-electron chi connectivity index (χ4n) is 1.70. The highest BCUT2D eigenvalue weighted by molar-refractivity contribution is 5.58. The van der Waals surface area contributed by atoms with E-state index in [1.807, 2.05) is 45.2 Å². The smallest absolute Gasteiger partial charge is 0.323 e. The topological polar surface area (TPSA) is 86.4 Å². The fourth-order valence-corrected chi connectivity index (χ4v) is 1.70. The molecule has 0 aliphatic rings. The second kappa shape index (κ2) is 6.25. The number of anilines is 3. The van der Waals surface area contributed by atoms with Crippen LogP contribution in [0.5, 0.6) is 11.8 Å². The molecule has 112 valence electrons. The van der Waals surface area contributed by atoms with Gasteiger partial charge < -0.3 is 20.1 Å². The third-order valence-electron chi connectivity index (χ3n) is 2.72. The Morgan fingerprint density at radius 3 is 2.33 bits per heavy atom. The number of nitrogens with two attached hydrogens (primary N) is 1. The molecule has 1 aromatic heterocycles. The summed E-state index contributed by atoms with van der Waals surface area (Å²) in [4.78, 5) is 14.2. The number of nitrogens with zero attached hydrogens (tertiary/aromatic N) is 4. The van der Waals surface area contributed by atoms with E-state index in [4.69, 9.17) is 15.2 Å². The van der Waals surface area contributed by atoms with Gasteiger partial charge in [0.1, 0.15) is 5.75 Å². The first-order valence-corrected chi connectivity index (χ1v) is 6.55. The van der Waals surface area contributed by atoms with Crippen LogP contribution >= 0.6 is 0 Å². The van der Waals surface area contributed by atoms with Gasteiger partial charge in [0.15, 0.2) is 0 Å². The molecule has 7 nitrogen and oxygen atoms in total. The van der Waals surface area contributed by atoms with Crippen molar-refractivity contribution >= 4 is 17.6 Å². The van der Waals surface area contributed by atoms with Gasteiger partial charge in [-0.15, -0.1) is 0 Å². The van der Waals surface area contributed by atoms with E-state index in [2.05, 4.69) is 15.0 Å². The first-order chi connectivity index (χ1) is 9.99. The van der Waals surface area contributed by atoms with Crippen molar-refractivity contribution in [1.29, 1.82) is 0 Å². The van der Waals surface area contributed by atoms with Crippen molar-refractivity contribution < 1.29 is 9.47 Å². The van der Waals surface area contributed by atoms with Crippen LogP contribution in [0, 0.1) is 0 Å². The Balaban J connectivity index is 2.28. The Hall–Kier alpha value is -2.57. The number of aromatic nitrogens is 3. The van der Waals surface area contributed by atoms with Gasteiger partial charge in [0, 0.05) is 12.7 Å². The van der Waals surface area contributed by atoms with Gasteiger partial charge in [-0.05, 0) is 38.1 Å².